The van der Waals surface area contributed by atoms with Gasteiger partial charge in [-0.3, -0.25) is 14.9 Å². The minimum absolute atomic E-state index is 0.0140. The van der Waals surface area contributed by atoms with Crippen LogP contribution in [-0.4, -0.2) is 22.9 Å². The van der Waals surface area contributed by atoms with Gasteiger partial charge in [0.15, 0.2) is 0 Å². The van der Waals surface area contributed by atoms with Crippen LogP contribution in [0.5, 0.6) is 0 Å². The van der Waals surface area contributed by atoms with Crippen molar-refractivity contribution in [2.75, 3.05) is 11.9 Å². The Morgan fingerprint density at radius 3 is 2.40 bits per heavy atom. The summed E-state index contributed by atoms with van der Waals surface area (Å²) in [4.78, 5) is 27.7. The Bertz CT molecular complexity index is 641. The van der Waals surface area contributed by atoms with Crippen LogP contribution in [0, 0.1) is 10.1 Å². The molecule has 6 nitrogen and oxygen atoms in total. The van der Waals surface area contributed by atoms with Crippen LogP contribution in [0.15, 0.2) is 47.2 Å². The Balaban J connectivity index is 2.22. The number of amides is 1. The Hall–Kier alpha value is -2.28. The number of nitro groups is 1. The Morgan fingerprint density at radius 2 is 1.90 bits per heavy atom. The van der Waals surface area contributed by atoms with Crippen molar-refractivity contribution in [2.24, 2.45) is 0 Å². The molecule has 1 aromatic carbocycles. The van der Waals surface area contributed by atoms with Gasteiger partial charge in [-0.1, -0.05) is 0 Å². The van der Waals surface area contributed by atoms with Crippen molar-refractivity contribution in [3.63, 3.8) is 0 Å². The molecule has 0 aliphatic rings. The molecule has 2 rings (SSSR count). The number of hydrogen-bond acceptors (Lipinski definition) is 4. The minimum atomic E-state index is -0.482. The third-order valence-electron chi connectivity index (χ3n) is 2.73. The first-order valence-corrected chi connectivity index (χ1v) is 6.42. The van der Waals surface area contributed by atoms with Gasteiger partial charge in [0.05, 0.1) is 10.5 Å². The van der Waals surface area contributed by atoms with Crippen molar-refractivity contribution in [3.8, 4) is 0 Å². The third-order valence-corrected chi connectivity index (χ3v) is 3.20. The highest BCUT2D eigenvalue weighted by Gasteiger charge is 2.15. The molecule has 1 heterocycles. The van der Waals surface area contributed by atoms with E-state index in [0.717, 1.165) is 0 Å². The summed E-state index contributed by atoms with van der Waals surface area (Å²) in [5, 5.41) is 10.6. The van der Waals surface area contributed by atoms with Crippen molar-refractivity contribution in [1.29, 1.82) is 0 Å². The van der Waals surface area contributed by atoms with Gasteiger partial charge in [-0.05, 0) is 40.2 Å². The topological polar surface area (TPSA) is 76.3 Å². The van der Waals surface area contributed by atoms with Crippen molar-refractivity contribution in [1.82, 2.24) is 4.98 Å². The fourth-order valence-corrected chi connectivity index (χ4v) is 1.85. The number of benzene rings is 1. The largest absolute Gasteiger partial charge is 0.311 e. The summed E-state index contributed by atoms with van der Waals surface area (Å²) in [5.41, 5.74) is 0.998. The maximum atomic E-state index is 12.2. The lowest BCUT2D eigenvalue weighted by Gasteiger charge is -2.17. The number of halogens is 1. The van der Waals surface area contributed by atoms with Gasteiger partial charge in [0.2, 0.25) is 0 Å². The number of rotatable bonds is 3. The first kappa shape index (κ1) is 14.1. The summed E-state index contributed by atoms with van der Waals surface area (Å²) in [6.07, 6.45) is 1.47. The fourth-order valence-electron chi connectivity index (χ4n) is 1.61. The SMILES string of the molecule is CN(C(=O)c1ccc(Br)nc1)c1ccc([N+](=O)[O-])cc1. The van der Waals surface area contributed by atoms with Gasteiger partial charge in [0.1, 0.15) is 4.60 Å². The van der Waals surface area contributed by atoms with Crippen LogP contribution in [0.3, 0.4) is 0 Å². The summed E-state index contributed by atoms with van der Waals surface area (Å²) in [6.45, 7) is 0. The van der Waals surface area contributed by atoms with Crippen molar-refractivity contribution < 1.29 is 9.72 Å². The Labute approximate surface area is 123 Å². The van der Waals surface area contributed by atoms with Crippen LogP contribution in [0.1, 0.15) is 10.4 Å². The molecule has 0 saturated carbocycles. The molecule has 0 fully saturated rings. The molecule has 0 radical (unpaired) electrons. The molecule has 0 N–H and O–H groups in total. The van der Waals surface area contributed by atoms with E-state index in [1.807, 2.05) is 0 Å². The van der Waals surface area contributed by atoms with Crippen LogP contribution in [0.25, 0.3) is 0 Å². The second kappa shape index (κ2) is 5.79. The highest BCUT2D eigenvalue weighted by atomic mass is 79.9. The molecule has 2 aromatic rings. The van der Waals surface area contributed by atoms with E-state index in [4.69, 9.17) is 0 Å². The van der Waals surface area contributed by atoms with Crippen LogP contribution in [-0.2, 0) is 0 Å². The molecule has 1 aromatic heterocycles. The Morgan fingerprint density at radius 1 is 1.25 bits per heavy atom. The molecule has 0 unspecified atom stereocenters. The van der Waals surface area contributed by atoms with E-state index in [9.17, 15) is 14.9 Å². The molecule has 0 aliphatic heterocycles. The average Bonchev–Trinajstić information content (AvgIpc) is 2.46. The number of anilines is 1. The molecule has 102 valence electrons. The van der Waals surface area contributed by atoms with Gasteiger partial charge >= 0.3 is 0 Å². The van der Waals surface area contributed by atoms with Gasteiger partial charge in [-0.25, -0.2) is 4.98 Å². The van der Waals surface area contributed by atoms with E-state index in [2.05, 4.69) is 20.9 Å². The van der Waals surface area contributed by atoms with E-state index >= 15 is 0 Å². The fraction of sp³-hybridized carbons (Fsp3) is 0.0769. The summed E-state index contributed by atoms with van der Waals surface area (Å²) >= 11 is 3.20. The molecule has 20 heavy (non-hydrogen) atoms. The first-order chi connectivity index (χ1) is 9.49. The molecular weight excluding hydrogens is 326 g/mol. The predicted octanol–water partition coefficient (Wildman–Crippen LogP) is 3.03. The van der Waals surface area contributed by atoms with Crippen LogP contribution in [0.4, 0.5) is 11.4 Å². The Kier molecular flexibility index (Phi) is 4.09. The second-order valence-electron chi connectivity index (χ2n) is 4.01. The number of non-ortho nitro benzene ring substituents is 1. The molecule has 1 amide bonds. The van der Waals surface area contributed by atoms with Crippen molar-refractivity contribution in [3.05, 3.63) is 62.9 Å². The lowest BCUT2D eigenvalue weighted by molar-refractivity contribution is -0.384. The van der Waals surface area contributed by atoms with Crippen molar-refractivity contribution in [2.45, 2.75) is 0 Å². The van der Waals surface area contributed by atoms with E-state index < -0.39 is 4.92 Å². The van der Waals surface area contributed by atoms with Gasteiger partial charge < -0.3 is 4.90 Å². The standard InChI is InChI=1S/C13H10BrN3O3/c1-16(10-3-5-11(6-4-10)17(19)20)13(18)9-2-7-12(14)15-8-9/h2-8H,1H3. The number of pyridine rings is 1. The van der Waals surface area contributed by atoms with Gasteiger partial charge in [0, 0.05) is 31.1 Å². The highest BCUT2D eigenvalue weighted by molar-refractivity contribution is 9.10. The number of nitrogens with zero attached hydrogens (tertiary/aromatic N) is 3. The van der Waals surface area contributed by atoms with Crippen molar-refractivity contribution >= 4 is 33.2 Å². The molecule has 0 atom stereocenters. The summed E-state index contributed by atoms with van der Waals surface area (Å²) < 4.78 is 0.645. The number of hydrogen-bond donors (Lipinski definition) is 0. The molecule has 0 bridgehead atoms. The van der Waals surface area contributed by atoms with Crippen LogP contribution in [0.2, 0.25) is 0 Å². The van der Waals surface area contributed by atoms with Gasteiger partial charge in [-0.2, -0.15) is 0 Å². The van der Waals surface area contributed by atoms with E-state index in [1.165, 1.54) is 35.4 Å². The van der Waals surface area contributed by atoms with E-state index in [0.29, 0.717) is 15.9 Å². The van der Waals surface area contributed by atoms with Crippen LogP contribution < -0.4 is 4.90 Å². The number of aromatic nitrogens is 1. The summed E-state index contributed by atoms with van der Waals surface area (Å²) in [7, 11) is 1.60. The van der Waals surface area contributed by atoms with Crippen LogP contribution >= 0.6 is 15.9 Å². The zero-order valence-corrected chi connectivity index (χ0v) is 12.1. The normalized spacial score (nSPS) is 10.1. The minimum Gasteiger partial charge on any atom is -0.311 e. The first-order valence-electron chi connectivity index (χ1n) is 5.63. The lowest BCUT2D eigenvalue weighted by Crippen LogP contribution is -2.26. The number of carbonyl (C=O) groups excluding carboxylic acids is 1. The van der Waals surface area contributed by atoms with E-state index in [1.54, 1.807) is 19.2 Å². The average molecular weight is 336 g/mol. The molecule has 0 saturated heterocycles. The lowest BCUT2D eigenvalue weighted by atomic mass is 10.2. The summed E-state index contributed by atoms with van der Waals surface area (Å²) in [5.74, 6) is -0.237. The monoisotopic (exact) mass is 335 g/mol. The summed E-state index contributed by atoms with van der Waals surface area (Å²) in [6, 6.07) is 9.11. The molecule has 0 aliphatic carbocycles. The molecule has 7 heteroatoms. The zero-order valence-electron chi connectivity index (χ0n) is 10.5. The third kappa shape index (κ3) is 3.00. The van der Waals surface area contributed by atoms with E-state index in [-0.39, 0.29) is 11.6 Å². The zero-order chi connectivity index (χ0) is 14.7. The molecular formula is C13H10BrN3O3. The second-order valence-corrected chi connectivity index (χ2v) is 4.82. The number of carbonyl (C=O) groups is 1. The highest BCUT2D eigenvalue weighted by Crippen LogP contribution is 2.20. The molecule has 0 spiro atoms. The quantitative estimate of drug-likeness (QED) is 0.490. The number of nitro benzene ring substituents is 1. The maximum absolute atomic E-state index is 12.2. The van der Waals surface area contributed by atoms with Gasteiger partial charge in [0.25, 0.3) is 11.6 Å². The predicted molar refractivity (Wildman–Crippen MR) is 77.8 cm³/mol. The maximum Gasteiger partial charge on any atom is 0.269 e. The smallest absolute Gasteiger partial charge is 0.269 e. The van der Waals surface area contributed by atoms with Gasteiger partial charge in [-0.15, -0.1) is 0 Å².